The van der Waals surface area contributed by atoms with E-state index in [1.807, 2.05) is 0 Å². The number of ether oxygens (including phenoxy) is 1. The molecule has 0 aromatic carbocycles. The Morgan fingerprint density at radius 1 is 1.77 bits per heavy atom. The number of rotatable bonds is 3. The molecule has 0 aliphatic rings. The van der Waals surface area contributed by atoms with Gasteiger partial charge in [0.05, 0.1) is 17.9 Å². The SMILES string of the molecule is CCOc1ncc(C(=O)O)cc1N. The van der Waals surface area contributed by atoms with Crippen LogP contribution in [-0.2, 0) is 0 Å². The van der Waals surface area contributed by atoms with Crippen LogP contribution >= 0.6 is 0 Å². The molecule has 0 bridgehead atoms. The molecule has 70 valence electrons. The molecule has 0 saturated carbocycles. The van der Waals surface area contributed by atoms with E-state index in [0.717, 1.165) is 0 Å². The van der Waals surface area contributed by atoms with E-state index in [9.17, 15) is 4.79 Å². The van der Waals surface area contributed by atoms with Gasteiger partial charge in [-0.2, -0.15) is 0 Å². The van der Waals surface area contributed by atoms with Gasteiger partial charge in [0.25, 0.3) is 0 Å². The molecule has 5 nitrogen and oxygen atoms in total. The van der Waals surface area contributed by atoms with E-state index >= 15 is 0 Å². The quantitative estimate of drug-likeness (QED) is 0.720. The molecule has 0 aliphatic carbocycles. The molecule has 0 spiro atoms. The van der Waals surface area contributed by atoms with Crippen molar-refractivity contribution in [2.45, 2.75) is 6.92 Å². The first-order valence-corrected chi connectivity index (χ1v) is 3.76. The summed E-state index contributed by atoms with van der Waals surface area (Å²) in [5.74, 6) is -0.783. The molecule has 1 heterocycles. The van der Waals surface area contributed by atoms with Gasteiger partial charge < -0.3 is 15.6 Å². The summed E-state index contributed by atoms with van der Waals surface area (Å²) in [6.45, 7) is 2.25. The number of carboxylic acid groups (broad SMARTS) is 1. The van der Waals surface area contributed by atoms with Gasteiger partial charge in [-0.05, 0) is 13.0 Å². The highest BCUT2D eigenvalue weighted by Crippen LogP contribution is 2.18. The van der Waals surface area contributed by atoms with Crippen LogP contribution < -0.4 is 10.5 Å². The lowest BCUT2D eigenvalue weighted by molar-refractivity contribution is 0.0696. The van der Waals surface area contributed by atoms with E-state index in [2.05, 4.69) is 4.98 Å². The Bertz CT molecular complexity index is 325. The molecular weight excluding hydrogens is 172 g/mol. The predicted molar refractivity (Wildman–Crippen MR) is 46.8 cm³/mol. The highest BCUT2D eigenvalue weighted by Gasteiger charge is 2.07. The van der Waals surface area contributed by atoms with Gasteiger partial charge in [-0.3, -0.25) is 0 Å². The standard InChI is InChI=1S/C8H10N2O3/c1-2-13-7-6(9)3-5(4-10-7)8(11)12/h3-4H,2,9H2,1H3,(H,11,12). The van der Waals surface area contributed by atoms with E-state index in [-0.39, 0.29) is 17.1 Å². The number of hydrogen-bond donors (Lipinski definition) is 2. The highest BCUT2D eigenvalue weighted by atomic mass is 16.5. The first kappa shape index (κ1) is 9.31. The normalized spacial score (nSPS) is 9.62. The topological polar surface area (TPSA) is 85.4 Å². The van der Waals surface area contributed by atoms with Crippen LogP contribution in [0.4, 0.5) is 5.69 Å². The maximum Gasteiger partial charge on any atom is 0.337 e. The van der Waals surface area contributed by atoms with Gasteiger partial charge in [-0.25, -0.2) is 9.78 Å². The lowest BCUT2D eigenvalue weighted by atomic mass is 10.2. The molecular formula is C8H10N2O3. The number of carbonyl (C=O) groups is 1. The van der Waals surface area contributed by atoms with E-state index in [4.69, 9.17) is 15.6 Å². The fraction of sp³-hybridized carbons (Fsp3) is 0.250. The van der Waals surface area contributed by atoms with Crippen molar-refractivity contribution in [2.24, 2.45) is 0 Å². The summed E-state index contributed by atoms with van der Waals surface area (Å²) in [6, 6.07) is 1.32. The summed E-state index contributed by atoms with van der Waals surface area (Å²) in [4.78, 5) is 14.2. The molecule has 1 rings (SSSR count). The van der Waals surface area contributed by atoms with Crippen LogP contribution in [0.3, 0.4) is 0 Å². The zero-order valence-corrected chi connectivity index (χ0v) is 7.15. The van der Waals surface area contributed by atoms with Gasteiger partial charge in [0.2, 0.25) is 5.88 Å². The van der Waals surface area contributed by atoms with E-state index in [1.54, 1.807) is 6.92 Å². The van der Waals surface area contributed by atoms with Crippen LogP contribution in [-0.4, -0.2) is 22.7 Å². The van der Waals surface area contributed by atoms with Crippen molar-refractivity contribution in [3.05, 3.63) is 17.8 Å². The summed E-state index contributed by atoms with van der Waals surface area (Å²) in [7, 11) is 0. The van der Waals surface area contributed by atoms with E-state index < -0.39 is 5.97 Å². The fourth-order valence-corrected chi connectivity index (χ4v) is 0.844. The van der Waals surface area contributed by atoms with Crippen molar-refractivity contribution in [3.63, 3.8) is 0 Å². The second kappa shape index (κ2) is 3.75. The van der Waals surface area contributed by atoms with Crippen LogP contribution in [0.5, 0.6) is 5.88 Å². The number of anilines is 1. The van der Waals surface area contributed by atoms with Gasteiger partial charge in [0.1, 0.15) is 0 Å². The number of carboxylic acids is 1. The number of pyridine rings is 1. The Labute approximate surface area is 75.2 Å². The average Bonchev–Trinajstić information content (AvgIpc) is 2.08. The number of hydrogen-bond acceptors (Lipinski definition) is 4. The molecule has 13 heavy (non-hydrogen) atoms. The van der Waals surface area contributed by atoms with E-state index in [1.165, 1.54) is 12.3 Å². The molecule has 0 radical (unpaired) electrons. The summed E-state index contributed by atoms with van der Waals surface area (Å²) < 4.78 is 5.04. The molecule has 3 N–H and O–H groups in total. The van der Waals surface area contributed by atoms with Crippen LogP contribution in [0, 0.1) is 0 Å². The Kier molecular flexibility index (Phi) is 2.69. The second-order valence-corrected chi connectivity index (χ2v) is 2.36. The van der Waals surface area contributed by atoms with Crippen molar-refractivity contribution in [3.8, 4) is 5.88 Å². The highest BCUT2D eigenvalue weighted by molar-refractivity contribution is 5.88. The van der Waals surface area contributed by atoms with Gasteiger partial charge in [0.15, 0.2) is 0 Å². The lowest BCUT2D eigenvalue weighted by Crippen LogP contribution is -2.03. The van der Waals surface area contributed by atoms with Gasteiger partial charge in [-0.1, -0.05) is 0 Å². The first-order chi connectivity index (χ1) is 6.15. The molecule has 0 amide bonds. The Morgan fingerprint density at radius 2 is 2.46 bits per heavy atom. The van der Waals surface area contributed by atoms with Crippen molar-refractivity contribution in [1.82, 2.24) is 4.98 Å². The third kappa shape index (κ3) is 2.08. The van der Waals surface area contributed by atoms with Crippen molar-refractivity contribution in [1.29, 1.82) is 0 Å². The molecule has 5 heteroatoms. The predicted octanol–water partition coefficient (Wildman–Crippen LogP) is 0.761. The number of nitrogens with two attached hydrogens (primary N) is 1. The Hall–Kier alpha value is -1.78. The van der Waals surface area contributed by atoms with E-state index in [0.29, 0.717) is 6.61 Å². The Morgan fingerprint density at radius 3 is 2.92 bits per heavy atom. The van der Waals surface area contributed by atoms with Crippen LogP contribution in [0.25, 0.3) is 0 Å². The van der Waals surface area contributed by atoms with Crippen LogP contribution in [0.2, 0.25) is 0 Å². The van der Waals surface area contributed by atoms with Gasteiger partial charge in [-0.15, -0.1) is 0 Å². The largest absolute Gasteiger partial charge is 0.478 e. The number of aromatic carboxylic acids is 1. The fourth-order valence-electron chi connectivity index (χ4n) is 0.844. The molecule has 0 saturated heterocycles. The van der Waals surface area contributed by atoms with Crippen LogP contribution in [0.1, 0.15) is 17.3 Å². The smallest absolute Gasteiger partial charge is 0.337 e. The van der Waals surface area contributed by atoms with Crippen molar-refractivity contribution >= 4 is 11.7 Å². The molecule has 1 aromatic rings. The zero-order valence-electron chi connectivity index (χ0n) is 7.15. The van der Waals surface area contributed by atoms with Crippen molar-refractivity contribution < 1.29 is 14.6 Å². The third-order valence-corrected chi connectivity index (χ3v) is 1.41. The minimum atomic E-state index is -1.05. The second-order valence-electron chi connectivity index (χ2n) is 2.36. The summed E-state index contributed by atoms with van der Waals surface area (Å²) in [5, 5.41) is 8.59. The minimum Gasteiger partial charge on any atom is -0.478 e. The lowest BCUT2D eigenvalue weighted by Gasteiger charge is -2.04. The summed E-state index contributed by atoms with van der Waals surface area (Å²) >= 11 is 0. The maximum atomic E-state index is 10.5. The number of nitrogens with zero attached hydrogens (tertiary/aromatic N) is 1. The Balaban J connectivity index is 2.98. The number of nitrogen functional groups attached to an aromatic ring is 1. The first-order valence-electron chi connectivity index (χ1n) is 3.76. The monoisotopic (exact) mass is 182 g/mol. The molecule has 0 aliphatic heterocycles. The molecule has 0 atom stereocenters. The van der Waals surface area contributed by atoms with Crippen molar-refractivity contribution in [2.75, 3.05) is 12.3 Å². The van der Waals surface area contributed by atoms with Crippen LogP contribution in [0.15, 0.2) is 12.3 Å². The average molecular weight is 182 g/mol. The summed E-state index contributed by atoms with van der Waals surface area (Å²) in [5.41, 5.74) is 5.79. The maximum absolute atomic E-state index is 10.5. The van der Waals surface area contributed by atoms with Gasteiger partial charge in [0, 0.05) is 6.20 Å². The zero-order chi connectivity index (χ0) is 9.84. The van der Waals surface area contributed by atoms with Gasteiger partial charge >= 0.3 is 5.97 Å². The molecule has 1 aromatic heterocycles. The molecule has 0 unspecified atom stereocenters. The number of aromatic nitrogens is 1. The summed E-state index contributed by atoms with van der Waals surface area (Å²) in [6.07, 6.45) is 1.21. The third-order valence-electron chi connectivity index (χ3n) is 1.41. The minimum absolute atomic E-state index is 0.0564. The molecule has 0 fully saturated rings.